The van der Waals surface area contributed by atoms with Gasteiger partial charge in [0.25, 0.3) is 0 Å². The Morgan fingerprint density at radius 1 is 1.14 bits per heavy atom. The molecule has 0 aliphatic heterocycles. The summed E-state index contributed by atoms with van der Waals surface area (Å²) in [7, 11) is 1.66. The fraction of sp³-hybridized carbons (Fsp3) is 0.167. The van der Waals surface area contributed by atoms with Crippen LogP contribution < -0.4 is 4.74 Å². The Morgan fingerprint density at radius 3 is 2.64 bits per heavy atom. The summed E-state index contributed by atoms with van der Waals surface area (Å²) in [6, 6.07) is 9.21. The zero-order chi connectivity index (χ0) is 10.1. The van der Waals surface area contributed by atoms with Crippen LogP contribution in [0.15, 0.2) is 30.3 Å². The number of aromatic hydroxyl groups is 1. The van der Waals surface area contributed by atoms with Gasteiger partial charge < -0.3 is 9.84 Å². The van der Waals surface area contributed by atoms with E-state index >= 15 is 0 Å². The first-order chi connectivity index (χ1) is 6.72. The van der Waals surface area contributed by atoms with Crippen molar-refractivity contribution >= 4 is 10.8 Å². The van der Waals surface area contributed by atoms with Crippen LogP contribution in [0.3, 0.4) is 0 Å². The van der Waals surface area contributed by atoms with E-state index in [2.05, 4.69) is 0 Å². The van der Waals surface area contributed by atoms with E-state index in [0.717, 1.165) is 22.1 Å². The van der Waals surface area contributed by atoms with Gasteiger partial charge in [-0.25, -0.2) is 0 Å². The van der Waals surface area contributed by atoms with Gasteiger partial charge in [0, 0.05) is 0 Å². The second kappa shape index (κ2) is 3.22. The molecule has 72 valence electrons. The molecule has 0 amide bonds. The number of fused-ring (bicyclic) bond motifs is 1. The predicted molar refractivity (Wildman–Crippen MR) is 56.9 cm³/mol. The van der Waals surface area contributed by atoms with Gasteiger partial charge in [-0.3, -0.25) is 0 Å². The molecule has 14 heavy (non-hydrogen) atoms. The van der Waals surface area contributed by atoms with Crippen LogP contribution >= 0.6 is 0 Å². The number of phenols is 1. The number of hydrogen-bond donors (Lipinski definition) is 1. The number of aryl methyl sites for hydroxylation is 1. The molecular weight excluding hydrogens is 176 g/mol. The lowest BCUT2D eigenvalue weighted by Gasteiger charge is -2.07. The standard InChI is InChI=1S/C12H12O2/c1-8-11-5-4-10(13)7-9(11)3-6-12(8)14-2/h3-7,13H,1-2H3. The average Bonchev–Trinajstić information content (AvgIpc) is 2.18. The van der Waals surface area contributed by atoms with Gasteiger partial charge in [-0.15, -0.1) is 0 Å². The third-order valence-electron chi connectivity index (χ3n) is 2.44. The highest BCUT2D eigenvalue weighted by Gasteiger charge is 2.03. The SMILES string of the molecule is COc1ccc2cc(O)ccc2c1C. The van der Waals surface area contributed by atoms with Gasteiger partial charge in [0.2, 0.25) is 0 Å². The molecular formula is C12H12O2. The van der Waals surface area contributed by atoms with Gasteiger partial charge in [-0.05, 0) is 41.5 Å². The normalized spacial score (nSPS) is 10.4. The molecule has 0 fully saturated rings. The zero-order valence-electron chi connectivity index (χ0n) is 8.24. The van der Waals surface area contributed by atoms with Crippen LogP contribution in [0.25, 0.3) is 10.8 Å². The maximum absolute atomic E-state index is 9.32. The van der Waals surface area contributed by atoms with E-state index in [1.807, 2.05) is 25.1 Å². The summed E-state index contributed by atoms with van der Waals surface area (Å²) in [6.07, 6.45) is 0. The van der Waals surface area contributed by atoms with Crippen LogP contribution in [0.4, 0.5) is 0 Å². The molecule has 1 N–H and O–H groups in total. The number of benzene rings is 2. The Balaban J connectivity index is 2.77. The Labute approximate surface area is 82.8 Å². The topological polar surface area (TPSA) is 29.5 Å². The number of methoxy groups -OCH3 is 1. The summed E-state index contributed by atoms with van der Waals surface area (Å²) in [5.41, 5.74) is 1.10. The van der Waals surface area contributed by atoms with Crippen molar-refractivity contribution in [2.45, 2.75) is 6.92 Å². The lowest BCUT2D eigenvalue weighted by atomic mass is 10.0. The predicted octanol–water partition coefficient (Wildman–Crippen LogP) is 2.86. The van der Waals surface area contributed by atoms with E-state index < -0.39 is 0 Å². The van der Waals surface area contributed by atoms with Crippen LogP contribution in [0, 0.1) is 6.92 Å². The van der Waals surface area contributed by atoms with Crippen molar-refractivity contribution in [2.75, 3.05) is 7.11 Å². The highest BCUT2D eigenvalue weighted by Crippen LogP contribution is 2.28. The second-order valence-corrected chi connectivity index (χ2v) is 3.30. The third kappa shape index (κ3) is 1.29. The maximum atomic E-state index is 9.32. The van der Waals surface area contributed by atoms with E-state index in [1.165, 1.54) is 0 Å². The van der Waals surface area contributed by atoms with Crippen molar-refractivity contribution < 1.29 is 9.84 Å². The molecule has 0 radical (unpaired) electrons. The Hall–Kier alpha value is -1.70. The first-order valence-electron chi connectivity index (χ1n) is 4.48. The number of ether oxygens (including phenoxy) is 1. The first-order valence-corrected chi connectivity index (χ1v) is 4.48. The molecule has 2 aromatic rings. The van der Waals surface area contributed by atoms with Gasteiger partial charge >= 0.3 is 0 Å². The number of phenolic OH excluding ortho intramolecular Hbond substituents is 1. The molecule has 0 atom stereocenters. The van der Waals surface area contributed by atoms with Crippen molar-refractivity contribution in [1.29, 1.82) is 0 Å². The minimum atomic E-state index is 0.294. The van der Waals surface area contributed by atoms with Gasteiger partial charge in [0.15, 0.2) is 0 Å². The smallest absolute Gasteiger partial charge is 0.122 e. The largest absolute Gasteiger partial charge is 0.508 e. The summed E-state index contributed by atoms with van der Waals surface area (Å²) < 4.78 is 5.22. The summed E-state index contributed by atoms with van der Waals surface area (Å²) in [6.45, 7) is 2.01. The molecule has 0 bridgehead atoms. The van der Waals surface area contributed by atoms with Crippen molar-refractivity contribution in [3.63, 3.8) is 0 Å². The van der Waals surface area contributed by atoms with Crippen molar-refractivity contribution in [3.8, 4) is 11.5 Å². The second-order valence-electron chi connectivity index (χ2n) is 3.30. The van der Waals surface area contributed by atoms with Gasteiger partial charge in [0.1, 0.15) is 11.5 Å². The fourth-order valence-electron chi connectivity index (χ4n) is 1.67. The molecule has 0 aliphatic carbocycles. The minimum absolute atomic E-state index is 0.294. The molecule has 0 aromatic heterocycles. The first kappa shape index (κ1) is 8.88. The highest BCUT2D eigenvalue weighted by molar-refractivity contribution is 5.88. The summed E-state index contributed by atoms with van der Waals surface area (Å²) in [5, 5.41) is 11.5. The summed E-state index contributed by atoms with van der Waals surface area (Å²) in [4.78, 5) is 0. The Kier molecular flexibility index (Phi) is 2.04. The van der Waals surface area contributed by atoms with Crippen LogP contribution in [-0.4, -0.2) is 12.2 Å². The lowest BCUT2D eigenvalue weighted by molar-refractivity contribution is 0.412. The van der Waals surface area contributed by atoms with Crippen LogP contribution in [-0.2, 0) is 0 Å². The molecule has 2 heteroatoms. The minimum Gasteiger partial charge on any atom is -0.508 e. The molecule has 0 spiro atoms. The third-order valence-corrected chi connectivity index (χ3v) is 2.44. The van der Waals surface area contributed by atoms with Crippen molar-refractivity contribution in [1.82, 2.24) is 0 Å². The van der Waals surface area contributed by atoms with Gasteiger partial charge in [-0.1, -0.05) is 12.1 Å². The molecule has 2 rings (SSSR count). The van der Waals surface area contributed by atoms with E-state index in [0.29, 0.717) is 5.75 Å². The van der Waals surface area contributed by atoms with Crippen LogP contribution in [0.1, 0.15) is 5.56 Å². The molecule has 0 aliphatic rings. The molecule has 2 nitrogen and oxygen atoms in total. The van der Waals surface area contributed by atoms with Gasteiger partial charge in [0.05, 0.1) is 7.11 Å². The van der Waals surface area contributed by atoms with Crippen molar-refractivity contribution in [3.05, 3.63) is 35.9 Å². The van der Waals surface area contributed by atoms with E-state index in [1.54, 1.807) is 19.2 Å². The summed E-state index contributed by atoms with van der Waals surface area (Å²) >= 11 is 0. The van der Waals surface area contributed by atoms with E-state index in [-0.39, 0.29) is 0 Å². The molecule has 0 saturated heterocycles. The maximum Gasteiger partial charge on any atom is 0.122 e. The fourth-order valence-corrected chi connectivity index (χ4v) is 1.67. The Bertz CT molecular complexity index is 475. The van der Waals surface area contributed by atoms with Crippen molar-refractivity contribution in [2.24, 2.45) is 0 Å². The number of rotatable bonds is 1. The zero-order valence-corrected chi connectivity index (χ0v) is 8.24. The quantitative estimate of drug-likeness (QED) is 0.745. The van der Waals surface area contributed by atoms with E-state index in [9.17, 15) is 5.11 Å². The van der Waals surface area contributed by atoms with E-state index in [4.69, 9.17) is 4.74 Å². The van der Waals surface area contributed by atoms with Crippen LogP contribution in [0.2, 0.25) is 0 Å². The molecule has 2 aromatic carbocycles. The lowest BCUT2D eigenvalue weighted by Crippen LogP contribution is -1.87. The average molecular weight is 188 g/mol. The number of hydrogen-bond acceptors (Lipinski definition) is 2. The monoisotopic (exact) mass is 188 g/mol. The highest BCUT2D eigenvalue weighted by atomic mass is 16.5. The Morgan fingerprint density at radius 2 is 1.93 bits per heavy atom. The molecule has 0 heterocycles. The van der Waals surface area contributed by atoms with Gasteiger partial charge in [-0.2, -0.15) is 0 Å². The molecule has 0 unspecified atom stereocenters. The summed E-state index contributed by atoms with van der Waals surface area (Å²) in [5.74, 6) is 1.17. The van der Waals surface area contributed by atoms with Crippen LogP contribution in [0.5, 0.6) is 11.5 Å². The molecule has 0 saturated carbocycles.